The van der Waals surface area contributed by atoms with E-state index in [0.29, 0.717) is 28.0 Å². The van der Waals surface area contributed by atoms with Crippen molar-refractivity contribution in [1.82, 2.24) is 25.1 Å². The molecule has 0 fully saturated rings. The molecule has 0 aliphatic heterocycles. The third kappa shape index (κ3) is 4.36. The van der Waals surface area contributed by atoms with Crippen molar-refractivity contribution in [2.45, 2.75) is 27.2 Å². The van der Waals surface area contributed by atoms with Gasteiger partial charge in [-0.15, -0.1) is 0 Å². The number of benzene rings is 1. The van der Waals surface area contributed by atoms with Crippen LogP contribution in [-0.4, -0.2) is 45.1 Å². The monoisotopic (exact) mass is 486 g/mol. The van der Waals surface area contributed by atoms with Gasteiger partial charge in [-0.25, -0.2) is 32.2 Å². The van der Waals surface area contributed by atoms with Crippen LogP contribution in [0.4, 0.5) is 14.5 Å². The molecular weight excluding hydrogens is 466 g/mol. The number of aromatic amines is 1. The van der Waals surface area contributed by atoms with E-state index in [1.54, 1.807) is 32.3 Å². The minimum absolute atomic E-state index is 0.150. The molecule has 0 radical (unpaired) electrons. The average molecular weight is 487 g/mol. The highest BCUT2D eigenvalue weighted by Gasteiger charge is 2.26. The van der Waals surface area contributed by atoms with Crippen molar-refractivity contribution in [2.24, 2.45) is 0 Å². The highest BCUT2D eigenvalue weighted by Crippen LogP contribution is 2.29. The number of hydrogen-bond donors (Lipinski definition) is 2. The quantitative estimate of drug-likeness (QED) is 0.381. The van der Waals surface area contributed by atoms with Crippen molar-refractivity contribution in [3.05, 3.63) is 65.0 Å². The molecule has 0 aliphatic rings. The van der Waals surface area contributed by atoms with Crippen LogP contribution in [0.3, 0.4) is 0 Å². The molecular formula is C22H20F2N6O3S. The number of halogens is 2. The molecule has 3 heterocycles. The maximum absolute atomic E-state index is 15.1. The van der Waals surface area contributed by atoms with Gasteiger partial charge >= 0.3 is 0 Å². The predicted molar refractivity (Wildman–Crippen MR) is 122 cm³/mol. The lowest BCUT2D eigenvalue weighted by Crippen LogP contribution is -2.19. The van der Waals surface area contributed by atoms with Gasteiger partial charge in [0.15, 0.2) is 11.5 Å². The Kier molecular flexibility index (Phi) is 6.09. The summed E-state index contributed by atoms with van der Waals surface area (Å²) in [6, 6.07) is 3.42. The van der Waals surface area contributed by atoms with Crippen LogP contribution in [0.5, 0.6) is 0 Å². The fourth-order valence-corrected chi connectivity index (χ4v) is 4.65. The van der Waals surface area contributed by atoms with Gasteiger partial charge in [0.05, 0.1) is 16.7 Å². The number of nitrogens with one attached hydrogen (secondary N) is 2. The van der Waals surface area contributed by atoms with Crippen LogP contribution in [0.1, 0.15) is 40.9 Å². The Labute approximate surface area is 193 Å². The van der Waals surface area contributed by atoms with Gasteiger partial charge in [-0.05, 0) is 38.5 Å². The van der Waals surface area contributed by atoms with Gasteiger partial charge in [0.25, 0.3) is 0 Å². The van der Waals surface area contributed by atoms with E-state index in [4.69, 9.17) is 0 Å². The van der Waals surface area contributed by atoms with Crippen molar-refractivity contribution >= 4 is 32.5 Å². The van der Waals surface area contributed by atoms with E-state index in [2.05, 4.69) is 25.1 Å². The van der Waals surface area contributed by atoms with Crippen LogP contribution in [0.2, 0.25) is 0 Å². The number of pyridine rings is 1. The first kappa shape index (κ1) is 23.4. The van der Waals surface area contributed by atoms with Crippen LogP contribution in [0, 0.1) is 25.5 Å². The lowest BCUT2D eigenvalue weighted by molar-refractivity contribution is 0.103. The summed E-state index contributed by atoms with van der Waals surface area (Å²) in [6.45, 7) is 5.19. The number of hydrogen-bond acceptors (Lipinski definition) is 7. The number of carbonyl (C=O) groups excluding carboxylic acids is 1. The molecule has 0 spiro atoms. The largest absolute Gasteiger partial charge is 0.287 e. The fraction of sp³-hybridized carbons (Fsp3) is 0.227. The molecule has 3 aromatic heterocycles. The Morgan fingerprint density at radius 2 is 1.91 bits per heavy atom. The third-order valence-corrected chi connectivity index (χ3v) is 6.57. The number of ketones is 1. The van der Waals surface area contributed by atoms with E-state index in [9.17, 15) is 17.6 Å². The first-order chi connectivity index (χ1) is 16.1. The van der Waals surface area contributed by atoms with E-state index >= 15 is 4.39 Å². The maximum atomic E-state index is 15.1. The number of aryl methyl sites for hydroxylation is 2. The predicted octanol–water partition coefficient (Wildman–Crippen LogP) is 3.69. The number of anilines is 1. The molecule has 12 heteroatoms. The highest BCUT2D eigenvalue weighted by molar-refractivity contribution is 7.92. The van der Waals surface area contributed by atoms with Crippen molar-refractivity contribution < 1.29 is 22.0 Å². The van der Waals surface area contributed by atoms with E-state index in [-0.39, 0.29) is 23.5 Å². The highest BCUT2D eigenvalue weighted by atomic mass is 32.2. The van der Waals surface area contributed by atoms with Crippen LogP contribution in [-0.2, 0) is 10.0 Å². The number of aromatic nitrogens is 5. The minimum Gasteiger partial charge on any atom is -0.287 e. The number of rotatable bonds is 7. The van der Waals surface area contributed by atoms with Crippen LogP contribution < -0.4 is 4.72 Å². The number of H-pyrrole nitrogens is 1. The van der Waals surface area contributed by atoms with E-state index in [1.165, 1.54) is 0 Å². The Morgan fingerprint density at radius 1 is 1.15 bits per heavy atom. The van der Waals surface area contributed by atoms with Gasteiger partial charge in [-0.3, -0.25) is 14.6 Å². The SMILES string of the molecule is CCCS(=O)(=O)Nc1c(F)ccc(C(=O)c2n[nH]c3ncc(-c4cnc(C)nc4C)cc23)c1F. The fourth-order valence-electron chi connectivity index (χ4n) is 3.51. The number of carbonyl (C=O) groups is 1. The Morgan fingerprint density at radius 3 is 2.62 bits per heavy atom. The third-order valence-electron chi connectivity index (χ3n) is 5.11. The Hall–Kier alpha value is -3.80. The molecule has 1 aromatic carbocycles. The molecule has 4 rings (SSSR count). The van der Waals surface area contributed by atoms with Crippen LogP contribution >= 0.6 is 0 Å². The first-order valence-electron chi connectivity index (χ1n) is 10.3. The average Bonchev–Trinajstić information content (AvgIpc) is 3.19. The molecule has 0 bridgehead atoms. The lowest BCUT2D eigenvalue weighted by Gasteiger charge is -2.11. The summed E-state index contributed by atoms with van der Waals surface area (Å²) < 4.78 is 55.3. The van der Waals surface area contributed by atoms with E-state index < -0.39 is 38.7 Å². The van der Waals surface area contributed by atoms with Crippen molar-refractivity contribution in [3.8, 4) is 11.1 Å². The second-order valence-corrected chi connectivity index (χ2v) is 9.48. The smallest absolute Gasteiger partial charge is 0.232 e. The molecule has 0 aliphatic carbocycles. The summed E-state index contributed by atoms with van der Waals surface area (Å²) in [5.74, 6) is -3.06. The maximum Gasteiger partial charge on any atom is 0.232 e. The van der Waals surface area contributed by atoms with Gasteiger partial charge in [0.1, 0.15) is 23.0 Å². The number of fused-ring (bicyclic) bond motifs is 1. The van der Waals surface area contributed by atoms with Gasteiger partial charge in [0.2, 0.25) is 15.8 Å². The lowest BCUT2D eigenvalue weighted by atomic mass is 10.0. The first-order valence-corrected chi connectivity index (χ1v) is 11.9. The second kappa shape index (κ2) is 8.86. The molecule has 0 atom stereocenters. The summed E-state index contributed by atoms with van der Waals surface area (Å²) in [6.07, 6.45) is 3.45. The van der Waals surface area contributed by atoms with Gasteiger partial charge in [0, 0.05) is 29.2 Å². The normalized spacial score (nSPS) is 11.7. The Balaban J connectivity index is 1.78. The zero-order valence-corrected chi connectivity index (χ0v) is 19.3. The molecule has 9 nitrogen and oxygen atoms in total. The molecule has 0 unspecified atom stereocenters. The van der Waals surface area contributed by atoms with Gasteiger partial charge in [-0.2, -0.15) is 5.10 Å². The Bertz CT molecular complexity index is 1540. The van der Waals surface area contributed by atoms with Gasteiger partial charge in [-0.1, -0.05) is 6.92 Å². The summed E-state index contributed by atoms with van der Waals surface area (Å²) in [5, 5.41) is 6.90. The molecule has 0 saturated carbocycles. The molecule has 2 N–H and O–H groups in total. The summed E-state index contributed by atoms with van der Waals surface area (Å²) in [7, 11) is -3.99. The molecule has 176 valence electrons. The van der Waals surface area contributed by atoms with E-state index in [1.807, 2.05) is 11.6 Å². The van der Waals surface area contributed by atoms with Crippen LogP contribution in [0.25, 0.3) is 22.2 Å². The summed E-state index contributed by atoms with van der Waals surface area (Å²) in [5.41, 5.74) is 0.702. The second-order valence-electron chi connectivity index (χ2n) is 7.64. The zero-order chi connectivity index (χ0) is 24.6. The molecule has 4 aromatic rings. The molecule has 0 saturated heterocycles. The molecule has 0 amide bonds. The van der Waals surface area contributed by atoms with Crippen LogP contribution in [0.15, 0.2) is 30.6 Å². The van der Waals surface area contributed by atoms with Crippen molar-refractivity contribution in [3.63, 3.8) is 0 Å². The van der Waals surface area contributed by atoms with Crippen molar-refractivity contribution in [1.29, 1.82) is 0 Å². The van der Waals surface area contributed by atoms with Crippen molar-refractivity contribution in [2.75, 3.05) is 10.5 Å². The number of nitrogens with zero attached hydrogens (tertiary/aromatic N) is 4. The van der Waals surface area contributed by atoms with Gasteiger partial charge < -0.3 is 0 Å². The summed E-state index contributed by atoms with van der Waals surface area (Å²) >= 11 is 0. The zero-order valence-electron chi connectivity index (χ0n) is 18.5. The number of sulfonamides is 1. The minimum atomic E-state index is -3.99. The summed E-state index contributed by atoms with van der Waals surface area (Å²) in [4.78, 5) is 26.0. The standard InChI is InChI=1S/C22H20F2N6O3S/c1-4-7-34(32,33)30-20-17(23)6-5-14(18(20)24)21(31)19-15-8-13(9-26-22(15)29-28-19)16-10-25-12(3)27-11(16)2/h5-6,8-10,30H,4,7H2,1-3H3,(H,26,28,29). The molecule has 34 heavy (non-hydrogen) atoms. The topological polar surface area (TPSA) is 131 Å². The van der Waals surface area contributed by atoms with E-state index in [0.717, 1.165) is 12.1 Å².